The van der Waals surface area contributed by atoms with Gasteiger partial charge in [-0.3, -0.25) is 4.99 Å². The van der Waals surface area contributed by atoms with Crippen molar-refractivity contribution < 1.29 is 42.9 Å². The molecule has 1 unspecified atom stereocenters. The highest BCUT2D eigenvalue weighted by molar-refractivity contribution is 5.98. The van der Waals surface area contributed by atoms with Gasteiger partial charge in [-0.05, 0) is 48.8 Å². The molecular weight excluding hydrogens is 600 g/mol. The minimum atomic E-state index is 0. The molecule has 1 atom stereocenters. The number of aryl methyl sites for hydroxylation is 1. The second kappa shape index (κ2) is 12.0. The van der Waals surface area contributed by atoms with Crippen LogP contribution in [0.1, 0.15) is 41.1 Å². The number of nitrogens with zero attached hydrogens (tertiary/aromatic N) is 4. The molecule has 204 valence electrons. The molecule has 0 N–H and O–H groups in total. The van der Waals surface area contributed by atoms with Crippen LogP contribution in [0.15, 0.2) is 72.8 Å². The van der Waals surface area contributed by atoms with Gasteiger partial charge in [0.15, 0.2) is 0 Å². The lowest BCUT2D eigenvalue weighted by molar-refractivity contribution is -0.897. The van der Waals surface area contributed by atoms with Crippen LogP contribution in [0.3, 0.4) is 0 Å². The van der Waals surface area contributed by atoms with Gasteiger partial charge < -0.3 is 47.5 Å². The summed E-state index contributed by atoms with van der Waals surface area (Å²) in [7, 11) is 9.18. The lowest BCUT2D eigenvalue weighted by Crippen LogP contribution is -3.00. The van der Waals surface area contributed by atoms with Gasteiger partial charge >= 0.3 is 0 Å². The lowest BCUT2D eigenvalue weighted by atomic mass is 9.87. The predicted octanol–water partition coefficient (Wildman–Crippen LogP) is 0.380. The van der Waals surface area contributed by atoms with Crippen LogP contribution >= 0.6 is 0 Å². The number of rotatable bonds is 8. The van der Waals surface area contributed by atoms with Crippen LogP contribution in [0.2, 0.25) is 0 Å². The van der Waals surface area contributed by atoms with E-state index < -0.39 is 0 Å². The molecule has 38 heavy (non-hydrogen) atoms. The van der Waals surface area contributed by atoms with E-state index in [1.165, 1.54) is 44.7 Å². The number of aromatic nitrogens is 1. The van der Waals surface area contributed by atoms with Gasteiger partial charge in [0.05, 0.1) is 47.0 Å². The van der Waals surface area contributed by atoms with Crippen molar-refractivity contribution in [3.63, 3.8) is 0 Å². The highest BCUT2D eigenvalue weighted by atomic mass is 79.9. The quantitative estimate of drug-likeness (QED) is 0.250. The number of halogens is 2. The zero-order valence-corrected chi connectivity index (χ0v) is 26.6. The molecule has 1 aromatic heterocycles. The van der Waals surface area contributed by atoms with Gasteiger partial charge in [-0.2, -0.15) is 0 Å². The third-order valence-electron chi connectivity index (χ3n) is 8.03. The first kappa shape index (κ1) is 30.6. The van der Waals surface area contributed by atoms with Crippen molar-refractivity contribution in [1.29, 1.82) is 0 Å². The van der Waals surface area contributed by atoms with Crippen LogP contribution in [0.4, 0.5) is 5.69 Å². The van der Waals surface area contributed by atoms with Crippen molar-refractivity contribution in [3.8, 4) is 0 Å². The number of likely N-dealkylation sites (N-methyl/N-ethyl adjacent to an activating group) is 2. The lowest BCUT2D eigenvalue weighted by Gasteiger charge is -2.29. The highest BCUT2D eigenvalue weighted by Gasteiger charge is 2.32. The molecule has 2 aliphatic rings. The van der Waals surface area contributed by atoms with E-state index in [2.05, 4.69) is 88.4 Å². The predicted molar refractivity (Wildman–Crippen MR) is 153 cm³/mol. The smallest absolute Gasteiger partial charge is 0.107 e. The number of benzene rings is 2. The number of aliphatic imine (C=N–C) groups is 1. The fourth-order valence-corrected chi connectivity index (χ4v) is 6.45. The number of quaternary nitrogens is 2. The molecule has 4 nitrogen and oxygen atoms in total. The van der Waals surface area contributed by atoms with Crippen molar-refractivity contribution in [2.75, 3.05) is 41.3 Å². The molecule has 0 saturated carbocycles. The summed E-state index contributed by atoms with van der Waals surface area (Å²) in [6, 6.07) is 16.0. The van der Waals surface area contributed by atoms with E-state index in [1.807, 2.05) is 12.2 Å². The third-order valence-corrected chi connectivity index (χ3v) is 8.03. The zero-order valence-electron chi connectivity index (χ0n) is 23.4. The Labute approximate surface area is 250 Å². The Morgan fingerprint density at radius 1 is 0.921 bits per heavy atom. The molecule has 0 amide bonds. The third kappa shape index (κ3) is 6.09. The minimum Gasteiger partial charge on any atom is -1.00 e. The summed E-state index contributed by atoms with van der Waals surface area (Å²) in [5.41, 5.74) is 9.82. The standard InChI is InChI=1S/C32H42N4.2BrH/c1-7-19-35(3,4)22-24-13-15-29-27(21-24)25-14-16-32-28(23-36(5,6)20-8-2)26-11-9-10-12-31(26)34(32)18-17-30(25)33-29;;/h7-13,15,21,25H,1-2,14,16-20,22-23H2,3-6H3;2*1H/q+2;;/p-2. The Bertz CT molecular complexity index is 1350. The first-order chi connectivity index (χ1) is 17.2. The number of hydrogen-bond donors (Lipinski definition) is 0. The van der Waals surface area contributed by atoms with Gasteiger partial charge in [0.1, 0.15) is 13.1 Å². The fraction of sp³-hybridized carbons (Fsp3) is 0.406. The Hall–Kier alpha value is -1.99. The van der Waals surface area contributed by atoms with Crippen molar-refractivity contribution in [3.05, 3.63) is 90.2 Å². The van der Waals surface area contributed by atoms with E-state index >= 15 is 0 Å². The molecule has 3 heterocycles. The summed E-state index contributed by atoms with van der Waals surface area (Å²) in [6.07, 6.45) is 7.30. The summed E-state index contributed by atoms with van der Waals surface area (Å²) >= 11 is 0. The molecule has 0 aliphatic carbocycles. The van der Waals surface area contributed by atoms with E-state index in [4.69, 9.17) is 4.99 Å². The molecular formula is C32H42Br2N4. The summed E-state index contributed by atoms with van der Waals surface area (Å²) in [6.45, 7) is 12.9. The zero-order chi connectivity index (χ0) is 25.5. The fourth-order valence-electron chi connectivity index (χ4n) is 6.45. The molecule has 2 aromatic carbocycles. The van der Waals surface area contributed by atoms with Crippen molar-refractivity contribution in [2.24, 2.45) is 4.99 Å². The van der Waals surface area contributed by atoms with Gasteiger partial charge in [0.25, 0.3) is 0 Å². The monoisotopic (exact) mass is 640 g/mol. The van der Waals surface area contributed by atoms with Crippen LogP contribution in [-0.2, 0) is 26.1 Å². The second-order valence-electron chi connectivity index (χ2n) is 12.1. The van der Waals surface area contributed by atoms with Crippen LogP contribution in [-0.4, -0.2) is 60.5 Å². The Morgan fingerprint density at radius 3 is 2.32 bits per heavy atom. The summed E-state index contributed by atoms with van der Waals surface area (Å²) < 4.78 is 4.44. The van der Waals surface area contributed by atoms with Crippen LogP contribution in [0.25, 0.3) is 10.9 Å². The van der Waals surface area contributed by atoms with Gasteiger partial charge in [0.2, 0.25) is 0 Å². The first-order valence-corrected chi connectivity index (χ1v) is 13.4. The normalized spacial score (nSPS) is 16.6. The second-order valence-corrected chi connectivity index (χ2v) is 12.1. The molecule has 0 saturated heterocycles. The number of para-hydroxylation sites is 1. The van der Waals surface area contributed by atoms with Gasteiger partial charge in [-0.25, -0.2) is 0 Å². The maximum absolute atomic E-state index is 5.16. The van der Waals surface area contributed by atoms with E-state index in [1.54, 1.807) is 0 Å². The topological polar surface area (TPSA) is 17.3 Å². The molecule has 0 radical (unpaired) electrons. The first-order valence-electron chi connectivity index (χ1n) is 13.4. The maximum atomic E-state index is 5.16. The van der Waals surface area contributed by atoms with Crippen LogP contribution in [0, 0.1) is 0 Å². The molecule has 3 aromatic rings. The van der Waals surface area contributed by atoms with E-state index in [0.717, 1.165) is 61.0 Å². The highest BCUT2D eigenvalue weighted by Crippen LogP contribution is 2.42. The Balaban J connectivity index is 0.00000200. The average Bonchev–Trinajstić information content (AvgIpc) is 3.27. The van der Waals surface area contributed by atoms with Crippen LogP contribution in [0.5, 0.6) is 0 Å². The van der Waals surface area contributed by atoms with E-state index in [0.29, 0.717) is 5.92 Å². The van der Waals surface area contributed by atoms with Crippen LogP contribution < -0.4 is 34.0 Å². The molecule has 2 aliphatic heterocycles. The molecule has 0 spiro atoms. The van der Waals surface area contributed by atoms with E-state index in [-0.39, 0.29) is 34.0 Å². The minimum absolute atomic E-state index is 0. The van der Waals surface area contributed by atoms with Crippen molar-refractivity contribution >= 4 is 22.3 Å². The number of fused-ring (bicyclic) bond motifs is 6. The van der Waals surface area contributed by atoms with Crippen molar-refractivity contribution in [1.82, 2.24) is 4.57 Å². The summed E-state index contributed by atoms with van der Waals surface area (Å²) in [5, 5.41) is 1.42. The summed E-state index contributed by atoms with van der Waals surface area (Å²) in [5.74, 6) is 0.435. The molecule has 5 rings (SSSR count). The maximum Gasteiger partial charge on any atom is 0.107 e. The Kier molecular flexibility index (Phi) is 9.67. The van der Waals surface area contributed by atoms with Gasteiger partial charge in [0, 0.05) is 52.3 Å². The number of hydrogen-bond acceptors (Lipinski definition) is 1. The molecule has 0 fully saturated rings. The van der Waals surface area contributed by atoms with E-state index in [9.17, 15) is 0 Å². The molecule has 0 bridgehead atoms. The SMILES string of the molecule is C=CC[N+](C)(C)Cc1ccc2c(c1)C1CCc3c(C[N+](C)(C)CC=C)c4ccccc4n3CCC1=N2.[Br-].[Br-]. The molecule has 6 heteroatoms. The Morgan fingerprint density at radius 2 is 1.61 bits per heavy atom. The summed E-state index contributed by atoms with van der Waals surface area (Å²) in [4.78, 5) is 5.16. The largest absolute Gasteiger partial charge is 1.00 e. The van der Waals surface area contributed by atoms with Gasteiger partial charge in [-0.1, -0.05) is 37.4 Å². The van der Waals surface area contributed by atoms with Crippen molar-refractivity contribution in [2.45, 2.75) is 44.8 Å². The van der Waals surface area contributed by atoms with Gasteiger partial charge in [-0.15, -0.1) is 0 Å². The average molecular weight is 643 g/mol.